The van der Waals surface area contributed by atoms with Gasteiger partial charge in [0, 0.05) is 68.3 Å². The lowest BCUT2D eigenvalue weighted by atomic mass is 9.77. The van der Waals surface area contributed by atoms with Gasteiger partial charge in [0.1, 0.15) is 65.2 Å². The van der Waals surface area contributed by atoms with Gasteiger partial charge in [-0.15, -0.1) is 34.0 Å². The first-order valence-electron chi connectivity index (χ1n) is 43.9. The normalized spacial score (nSPS) is 17.1. The molecule has 7 N–H and O–H groups in total. The molecule has 17 rings (SSSR count). The van der Waals surface area contributed by atoms with Gasteiger partial charge in [-0.25, -0.2) is 28.4 Å². The predicted molar refractivity (Wildman–Crippen MR) is 519 cm³/mol. The van der Waals surface area contributed by atoms with Crippen LogP contribution >= 0.6 is 34.0 Å². The minimum atomic E-state index is -4.76. The number of Topliss-reactive ketones (excluding diaryl/α,β-unsaturated/α-hetero) is 2. The van der Waals surface area contributed by atoms with Gasteiger partial charge in [0.05, 0.1) is 23.9 Å². The van der Waals surface area contributed by atoms with Crippen LogP contribution in [0.3, 0.4) is 0 Å². The molecule has 0 bridgehead atoms. The number of carbonyl (C=O) groups is 5. The van der Waals surface area contributed by atoms with Crippen LogP contribution in [-0.4, -0.2) is 208 Å². The van der Waals surface area contributed by atoms with Crippen LogP contribution in [0.1, 0.15) is 111 Å². The van der Waals surface area contributed by atoms with Crippen LogP contribution in [0, 0.1) is 11.8 Å². The Balaban J connectivity index is 0.000000159. The summed E-state index contributed by atoms with van der Waals surface area (Å²) in [6.07, 6.45) is 2.19. The maximum Gasteiger partial charge on any atom is 0.362 e. The average molecular weight is 1940 g/mol. The molecule has 5 aliphatic heterocycles. The van der Waals surface area contributed by atoms with Crippen molar-refractivity contribution < 1.29 is 83.7 Å². The maximum absolute atomic E-state index is 13.9. The Bertz CT molecular complexity index is 6370. The van der Waals surface area contributed by atoms with Crippen molar-refractivity contribution in [2.45, 2.75) is 88.7 Å². The second kappa shape index (κ2) is 43.9. The molecule has 0 unspecified atom stereocenters. The van der Waals surface area contributed by atoms with E-state index in [1.807, 2.05) is 176 Å². The van der Waals surface area contributed by atoms with Crippen LogP contribution in [0.5, 0.6) is 17.2 Å². The molecule has 5 aliphatic rings. The molecule has 2 fully saturated rings. The molecule has 0 radical (unpaired) electrons. The largest absolute Gasteiger partial charge is 0.490 e. The minimum Gasteiger partial charge on any atom is -0.490 e. The molecule has 32 nitrogen and oxygen atoms in total. The molecule has 136 heavy (non-hydrogen) atoms. The van der Waals surface area contributed by atoms with Gasteiger partial charge < -0.3 is 64.9 Å². The first-order valence-corrected chi connectivity index (χ1v) is 49.4. The SMILES string of the molecule is CN1CCc2cc(OCCO/N=C(\C(=O)O)c3csc(NC(c4ccccc4)(c4ccccc4)c4ccccc4)n3)ccc2C1.C[C@H]1[C@H](CC(=O)/C(=N\OCCOc2ccc3c(c2)CCN(C)C3)c2csc(N)n2)C(=O)N1S(=O)(=O)O.C[C@H]1[C@H](CC(=O)/C(=N\OCCOc2ccc3c(c2)CCN(C)C3)c2csc(NC(c3ccccc3)(c3ccccc3)c3ccccc3)n2)C(=O)N1S(=O)(=O)O. The first kappa shape index (κ1) is 97.1. The Hall–Kier alpha value is -13.5. The summed E-state index contributed by atoms with van der Waals surface area (Å²) < 4.78 is 83.0. The summed E-state index contributed by atoms with van der Waals surface area (Å²) in [5.74, 6) is -3.81. The number of fused-ring (bicyclic) bond motifs is 3. The third-order valence-corrected chi connectivity index (χ3v) is 28.2. The number of hydrogen-bond acceptors (Lipinski definition) is 30. The van der Waals surface area contributed by atoms with Crippen molar-refractivity contribution in [1.29, 1.82) is 0 Å². The number of nitrogens with zero attached hydrogens (tertiary/aromatic N) is 11. The van der Waals surface area contributed by atoms with Crippen LogP contribution in [0.25, 0.3) is 0 Å². The number of ketones is 2. The Morgan fingerprint density at radius 2 is 0.706 bits per heavy atom. The van der Waals surface area contributed by atoms with Crippen molar-refractivity contribution in [2.24, 2.45) is 27.3 Å². The van der Waals surface area contributed by atoms with Gasteiger partial charge in [-0.3, -0.25) is 28.3 Å². The molecule has 0 aliphatic carbocycles. The smallest absolute Gasteiger partial charge is 0.362 e. The molecule has 3 aromatic heterocycles. The van der Waals surface area contributed by atoms with Crippen LogP contribution in [0.4, 0.5) is 15.4 Å². The number of nitrogen functional groups attached to an aromatic ring is 1. The molecule has 37 heteroatoms. The van der Waals surface area contributed by atoms with E-state index in [-0.39, 0.29) is 91.8 Å². The standard InChI is InChI=1S/C41H41N5O7S2.C36H34N4O4S.C22H27N5O7S2/c1-28-35(39(48)46(28)55(49,50)51)25-37(47)38(44-53-23-22-52-34-19-18-30-26-45(2)21-20-29(30)24-34)36-27-54-40(42-36)43-41(31-12-6-3-7-13-31,32-14-8-4-9-15-32)33-16-10-5-11-17-33;1-40-20-19-26-23-31(18-17-27(26)24-40)43-21-22-44-39-33(34(41)42)32-25-45-35(37-32)38-36(28-11-5-2-6-12-28,29-13-7-3-8-14-29)30-15-9-4-10-16-30;1-13-17(21(29)27(13)36(30,31)32)10-19(28)20(18-12-35-22(23)24-18)25-34-8-7-33-16-4-3-15-11-26(2)6-5-14(15)9-16/h3-19,24,27-28,35H,20-23,25-26H2,1-2H3,(H,42,43)(H,49,50,51);2-18,23,25H,19-22,24H2,1H3,(H,37,38)(H,41,42);3-4,9,12-13,17H,5-8,10-11H2,1-2H3,(H2,23,24)(H,30,31,32)/b44-38-;39-33-;25-20-/t28-,35-;;13-,17-/m0.0/s1. The summed E-state index contributed by atoms with van der Waals surface area (Å²) >= 11 is 3.69. The Kier molecular flexibility index (Phi) is 31.3. The van der Waals surface area contributed by atoms with Crippen molar-refractivity contribution in [3.63, 3.8) is 0 Å². The molecular formula is C99H102N14O18S5. The van der Waals surface area contributed by atoms with Gasteiger partial charge in [0.15, 0.2) is 58.2 Å². The molecule has 2 saturated heterocycles. The number of ether oxygens (including phenoxy) is 3. The Morgan fingerprint density at radius 1 is 0.419 bits per heavy atom. The molecule has 706 valence electrons. The topological polar surface area (TPSA) is 412 Å². The number of nitrogens with two attached hydrogens (primary N) is 1. The number of nitrogens with one attached hydrogen (secondary N) is 2. The number of benzene rings is 9. The van der Waals surface area contributed by atoms with Gasteiger partial charge in [0.25, 0.3) is 0 Å². The van der Waals surface area contributed by atoms with E-state index in [2.05, 4.69) is 133 Å². The lowest BCUT2D eigenvalue weighted by Crippen LogP contribution is -2.62. The number of likely N-dealkylation sites (N-methyl/N-ethyl adjacent to an activating group) is 3. The van der Waals surface area contributed by atoms with Crippen LogP contribution in [0.15, 0.2) is 268 Å². The zero-order valence-corrected chi connectivity index (χ0v) is 79.2. The summed E-state index contributed by atoms with van der Waals surface area (Å²) in [6.45, 7) is 9.32. The van der Waals surface area contributed by atoms with E-state index in [9.17, 15) is 50.5 Å². The third-order valence-electron chi connectivity index (χ3n) is 24.0. The van der Waals surface area contributed by atoms with Crippen LogP contribution in [-0.2, 0) is 109 Å². The van der Waals surface area contributed by atoms with Crippen molar-refractivity contribution in [3.05, 3.63) is 337 Å². The Labute approximate surface area is 799 Å². The van der Waals surface area contributed by atoms with E-state index >= 15 is 0 Å². The predicted octanol–water partition coefficient (Wildman–Crippen LogP) is 13.5. The molecule has 8 heterocycles. The van der Waals surface area contributed by atoms with E-state index in [0.717, 1.165) is 115 Å². The monoisotopic (exact) mass is 1930 g/mol. The fourth-order valence-electron chi connectivity index (χ4n) is 17.1. The molecule has 9 aromatic carbocycles. The molecule has 2 amide bonds. The quantitative estimate of drug-likeness (QED) is 0.00526. The number of thiazole rings is 3. The summed E-state index contributed by atoms with van der Waals surface area (Å²) in [6, 6.07) is 76.8. The number of rotatable bonds is 37. The summed E-state index contributed by atoms with van der Waals surface area (Å²) in [5.41, 5.74) is 17.7. The minimum absolute atomic E-state index is 0.0142. The van der Waals surface area contributed by atoms with Crippen molar-refractivity contribution in [1.82, 2.24) is 38.3 Å². The summed E-state index contributed by atoms with van der Waals surface area (Å²) in [5, 5.41) is 35.6. The number of carboxylic acids is 1. The molecular weight excluding hydrogens is 1830 g/mol. The number of anilines is 3. The van der Waals surface area contributed by atoms with Gasteiger partial charge in [-0.2, -0.15) is 16.8 Å². The number of β-lactam (4-membered cyclic amide) rings is 2. The highest BCUT2D eigenvalue weighted by Gasteiger charge is 2.53. The number of carboxylic acid groups (broad SMARTS) is 1. The number of hydrogen-bond donors (Lipinski definition) is 6. The van der Waals surface area contributed by atoms with Crippen molar-refractivity contribution in [3.8, 4) is 17.2 Å². The highest BCUT2D eigenvalue weighted by atomic mass is 32.2. The molecule has 12 aromatic rings. The first-order chi connectivity index (χ1) is 65.6. The third kappa shape index (κ3) is 23.0. The average Bonchev–Trinajstić information content (AvgIpc) is 0.834. The van der Waals surface area contributed by atoms with Crippen LogP contribution in [0.2, 0.25) is 0 Å². The van der Waals surface area contributed by atoms with Gasteiger partial charge in [-0.05, 0) is 157 Å². The van der Waals surface area contributed by atoms with Gasteiger partial charge in [0.2, 0.25) is 17.5 Å². The van der Waals surface area contributed by atoms with Crippen molar-refractivity contribution >= 4 is 116 Å². The second-order valence-electron chi connectivity index (χ2n) is 33.2. The molecule has 4 atom stereocenters. The number of aliphatic carboxylic acids is 1. The fourth-order valence-corrected chi connectivity index (χ4v) is 21.0. The van der Waals surface area contributed by atoms with E-state index in [4.69, 9.17) is 44.0 Å². The highest BCUT2D eigenvalue weighted by Crippen LogP contribution is 2.44. The van der Waals surface area contributed by atoms with E-state index in [1.54, 1.807) is 10.8 Å². The Morgan fingerprint density at radius 3 is 0.985 bits per heavy atom. The zero-order chi connectivity index (χ0) is 95.7. The highest BCUT2D eigenvalue weighted by molar-refractivity contribution is 7.84. The number of carbonyl (C=O) groups excluding carboxylic acids is 4. The van der Waals surface area contributed by atoms with E-state index in [0.29, 0.717) is 24.6 Å². The summed E-state index contributed by atoms with van der Waals surface area (Å²) in [7, 11) is -3.14. The second-order valence-corrected chi connectivity index (χ2v) is 38.4. The molecule has 0 saturated carbocycles. The van der Waals surface area contributed by atoms with Crippen LogP contribution < -0.4 is 30.6 Å². The van der Waals surface area contributed by atoms with Gasteiger partial charge in [-0.1, -0.05) is 216 Å². The lowest BCUT2D eigenvalue weighted by Gasteiger charge is -2.41. The number of aromatic nitrogens is 3. The lowest BCUT2D eigenvalue weighted by molar-refractivity contribution is -0.148. The van der Waals surface area contributed by atoms with E-state index < -0.39 is 85.0 Å². The zero-order valence-electron chi connectivity index (χ0n) is 75.1. The van der Waals surface area contributed by atoms with Crippen molar-refractivity contribution in [2.75, 3.05) is 96.8 Å². The van der Waals surface area contributed by atoms with Gasteiger partial charge >= 0.3 is 26.6 Å². The van der Waals surface area contributed by atoms with E-state index in [1.165, 1.54) is 75.3 Å². The summed E-state index contributed by atoms with van der Waals surface area (Å²) in [4.78, 5) is 101. The number of amides is 2. The molecule has 0 spiro atoms. The fraction of sp³-hybridized carbons (Fsp3) is 0.283. The number of oxime groups is 3. The maximum atomic E-state index is 13.9.